The minimum atomic E-state index is -1.19. The van der Waals surface area contributed by atoms with Crippen LogP contribution >= 0.6 is 0 Å². The lowest BCUT2D eigenvalue weighted by Crippen LogP contribution is -2.52. The molecular formula is C19H23NO4. The molecule has 0 atom stereocenters. The van der Waals surface area contributed by atoms with Crippen molar-refractivity contribution in [3.8, 4) is 0 Å². The molecule has 0 bridgehead atoms. The molecule has 1 aromatic carbocycles. The van der Waals surface area contributed by atoms with E-state index >= 15 is 0 Å². The second-order valence-corrected chi connectivity index (χ2v) is 6.52. The smallest absolute Gasteiger partial charge is 0.255 e. The predicted octanol–water partition coefficient (Wildman–Crippen LogP) is 2.19. The lowest BCUT2D eigenvalue weighted by atomic mass is 9.87. The highest BCUT2D eigenvalue weighted by Crippen LogP contribution is 2.21. The van der Waals surface area contributed by atoms with Crippen LogP contribution < -0.4 is 0 Å². The molecule has 24 heavy (non-hydrogen) atoms. The van der Waals surface area contributed by atoms with Crippen molar-refractivity contribution in [3.63, 3.8) is 0 Å². The number of hydrogen-bond donors (Lipinski definition) is 0. The van der Waals surface area contributed by atoms with Gasteiger partial charge in [0, 0.05) is 12.0 Å². The Labute approximate surface area is 142 Å². The largest absolute Gasteiger partial charge is 0.324 e. The van der Waals surface area contributed by atoms with Crippen LogP contribution in [0.1, 0.15) is 46.8 Å². The summed E-state index contributed by atoms with van der Waals surface area (Å²) in [5.41, 5.74) is 3.22. The highest BCUT2D eigenvalue weighted by atomic mass is 16.2. The van der Waals surface area contributed by atoms with E-state index in [1.165, 1.54) is 4.90 Å². The van der Waals surface area contributed by atoms with E-state index in [-0.39, 0.29) is 31.2 Å². The fourth-order valence-corrected chi connectivity index (χ4v) is 3.36. The van der Waals surface area contributed by atoms with Gasteiger partial charge in [0.15, 0.2) is 17.3 Å². The third-order valence-electron chi connectivity index (χ3n) is 4.33. The molecule has 128 valence electrons. The molecule has 2 rings (SSSR count). The molecule has 0 aliphatic carbocycles. The number of rotatable bonds is 4. The maximum Gasteiger partial charge on any atom is 0.255 e. The Morgan fingerprint density at radius 1 is 1.04 bits per heavy atom. The van der Waals surface area contributed by atoms with Gasteiger partial charge in [-0.1, -0.05) is 24.6 Å². The van der Waals surface area contributed by atoms with Crippen molar-refractivity contribution in [1.82, 2.24) is 4.90 Å². The van der Waals surface area contributed by atoms with Crippen molar-refractivity contribution in [2.75, 3.05) is 13.1 Å². The van der Waals surface area contributed by atoms with E-state index in [9.17, 15) is 19.2 Å². The lowest BCUT2D eigenvalue weighted by Gasteiger charge is -2.30. The van der Waals surface area contributed by atoms with Crippen LogP contribution in [-0.2, 0) is 14.4 Å². The second kappa shape index (κ2) is 7.07. The van der Waals surface area contributed by atoms with E-state index in [0.717, 1.165) is 16.7 Å². The van der Waals surface area contributed by atoms with Crippen molar-refractivity contribution >= 4 is 23.3 Å². The van der Waals surface area contributed by atoms with Gasteiger partial charge in [0.25, 0.3) is 5.91 Å². The van der Waals surface area contributed by atoms with E-state index in [2.05, 4.69) is 0 Å². The van der Waals surface area contributed by atoms with Crippen molar-refractivity contribution < 1.29 is 19.2 Å². The molecule has 1 fully saturated rings. The predicted molar refractivity (Wildman–Crippen MR) is 90.0 cm³/mol. The molecular weight excluding hydrogens is 306 g/mol. The van der Waals surface area contributed by atoms with Gasteiger partial charge < -0.3 is 4.90 Å². The van der Waals surface area contributed by atoms with Crippen LogP contribution in [0.4, 0.5) is 0 Å². The van der Waals surface area contributed by atoms with Crippen LogP contribution in [0.2, 0.25) is 0 Å². The zero-order valence-electron chi connectivity index (χ0n) is 14.6. The quantitative estimate of drug-likeness (QED) is 0.794. The summed E-state index contributed by atoms with van der Waals surface area (Å²) in [5, 5.41) is 0. The summed E-state index contributed by atoms with van der Waals surface area (Å²) in [6.07, 6.45) is 0.812. The van der Waals surface area contributed by atoms with Gasteiger partial charge in [0.05, 0.1) is 13.1 Å². The molecule has 0 aromatic heterocycles. The second-order valence-electron chi connectivity index (χ2n) is 6.52. The molecule has 0 radical (unpaired) electrons. The number of likely N-dealkylation sites (tertiary alicyclic amines) is 1. The molecule has 0 unspecified atom stereocenters. The van der Waals surface area contributed by atoms with Crippen molar-refractivity contribution in [2.45, 2.75) is 40.5 Å². The summed E-state index contributed by atoms with van der Waals surface area (Å²) in [6, 6.07) is 3.81. The number of amides is 1. The molecule has 0 N–H and O–H groups in total. The minimum absolute atomic E-state index is 0.183. The zero-order chi connectivity index (χ0) is 18.0. The highest BCUT2D eigenvalue weighted by molar-refractivity contribution is 6.23. The van der Waals surface area contributed by atoms with Crippen LogP contribution in [0.15, 0.2) is 12.1 Å². The standard InChI is InChI=1S/C19H23NO4/c1-5-6-14(21)18-15(22)9-20(10-16(18)23)19(24)17-12(3)7-11(2)8-13(17)4/h7-8,18H,5-6,9-10H2,1-4H3. The number of carbonyl (C=O) groups excluding carboxylic acids is 4. The molecule has 5 heteroatoms. The first-order valence-corrected chi connectivity index (χ1v) is 8.21. The molecule has 1 heterocycles. The molecule has 1 amide bonds. The maximum absolute atomic E-state index is 12.8. The van der Waals surface area contributed by atoms with Gasteiger partial charge in [-0.3, -0.25) is 19.2 Å². The van der Waals surface area contributed by atoms with Gasteiger partial charge in [0.1, 0.15) is 5.92 Å². The summed E-state index contributed by atoms with van der Waals surface area (Å²) in [7, 11) is 0. The summed E-state index contributed by atoms with van der Waals surface area (Å²) >= 11 is 0. The van der Waals surface area contributed by atoms with Crippen LogP contribution in [-0.4, -0.2) is 41.2 Å². The normalized spacial score (nSPS) is 15.8. The fourth-order valence-electron chi connectivity index (χ4n) is 3.36. The van der Waals surface area contributed by atoms with E-state index in [4.69, 9.17) is 0 Å². The van der Waals surface area contributed by atoms with Gasteiger partial charge in [-0.05, 0) is 38.3 Å². The summed E-state index contributed by atoms with van der Waals surface area (Å²) < 4.78 is 0. The van der Waals surface area contributed by atoms with E-state index < -0.39 is 17.5 Å². The number of hydrogen-bond acceptors (Lipinski definition) is 4. The Balaban J connectivity index is 2.24. The maximum atomic E-state index is 12.8. The third kappa shape index (κ3) is 3.45. The molecule has 5 nitrogen and oxygen atoms in total. The van der Waals surface area contributed by atoms with Gasteiger partial charge in [-0.25, -0.2) is 0 Å². The van der Waals surface area contributed by atoms with Gasteiger partial charge in [-0.2, -0.15) is 0 Å². The molecule has 0 spiro atoms. The number of piperidine rings is 1. The Morgan fingerprint density at radius 3 is 2.00 bits per heavy atom. The Kier molecular flexibility index (Phi) is 5.32. The molecule has 1 saturated heterocycles. The Hall–Kier alpha value is -2.30. The van der Waals surface area contributed by atoms with Gasteiger partial charge >= 0.3 is 0 Å². The summed E-state index contributed by atoms with van der Waals surface area (Å²) in [5.74, 6) is -2.79. The number of benzene rings is 1. The van der Waals surface area contributed by atoms with Crippen LogP contribution in [0.5, 0.6) is 0 Å². The minimum Gasteiger partial charge on any atom is -0.324 e. The Bertz CT molecular complexity index is 679. The van der Waals surface area contributed by atoms with Crippen molar-refractivity contribution in [3.05, 3.63) is 34.4 Å². The molecule has 1 aliphatic rings. The SMILES string of the molecule is CCCC(=O)C1C(=O)CN(C(=O)c2c(C)cc(C)cc2C)CC1=O. The summed E-state index contributed by atoms with van der Waals surface area (Å²) in [6.45, 7) is 7.10. The number of Topliss-reactive ketones (excluding diaryl/α,β-unsaturated/α-hetero) is 3. The van der Waals surface area contributed by atoms with E-state index in [0.29, 0.717) is 12.0 Å². The monoisotopic (exact) mass is 329 g/mol. The van der Waals surface area contributed by atoms with E-state index in [1.807, 2.05) is 39.8 Å². The first kappa shape index (κ1) is 18.0. The number of aryl methyl sites for hydroxylation is 3. The average molecular weight is 329 g/mol. The third-order valence-corrected chi connectivity index (χ3v) is 4.33. The molecule has 1 aliphatic heterocycles. The Morgan fingerprint density at radius 2 is 1.54 bits per heavy atom. The topological polar surface area (TPSA) is 71.5 Å². The number of nitrogens with zero attached hydrogens (tertiary/aromatic N) is 1. The molecule has 0 saturated carbocycles. The van der Waals surface area contributed by atoms with Crippen LogP contribution in [0.25, 0.3) is 0 Å². The first-order chi connectivity index (χ1) is 11.3. The van der Waals surface area contributed by atoms with E-state index in [1.54, 1.807) is 0 Å². The number of carbonyl (C=O) groups is 4. The van der Waals surface area contributed by atoms with Crippen LogP contribution in [0.3, 0.4) is 0 Å². The van der Waals surface area contributed by atoms with Gasteiger partial charge in [0.2, 0.25) is 0 Å². The van der Waals surface area contributed by atoms with Gasteiger partial charge in [-0.15, -0.1) is 0 Å². The van der Waals surface area contributed by atoms with Crippen LogP contribution in [0, 0.1) is 26.7 Å². The fraction of sp³-hybridized carbons (Fsp3) is 0.474. The average Bonchev–Trinajstić information content (AvgIpc) is 2.45. The first-order valence-electron chi connectivity index (χ1n) is 8.21. The van der Waals surface area contributed by atoms with Crippen molar-refractivity contribution in [1.29, 1.82) is 0 Å². The highest BCUT2D eigenvalue weighted by Gasteiger charge is 2.40. The summed E-state index contributed by atoms with van der Waals surface area (Å²) in [4.78, 5) is 50.5. The zero-order valence-corrected chi connectivity index (χ0v) is 14.6. The lowest BCUT2D eigenvalue weighted by molar-refractivity contribution is -0.143. The number of ketones is 3. The van der Waals surface area contributed by atoms with Crippen molar-refractivity contribution in [2.24, 2.45) is 5.92 Å². The molecule has 1 aromatic rings.